The summed E-state index contributed by atoms with van der Waals surface area (Å²) in [5.74, 6) is -1.15. The summed E-state index contributed by atoms with van der Waals surface area (Å²) in [6.45, 7) is 7.92. The zero-order chi connectivity index (χ0) is 19.5. The fourth-order valence-electron chi connectivity index (χ4n) is 4.12. The van der Waals surface area contributed by atoms with E-state index in [0.29, 0.717) is 19.5 Å². The third-order valence-corrected chi connectivity index (χ3v) is 10.5. The van der Waals surface area contributed by atoms with Crippen molar-refractivity contribution in [3.63, 3.8) is 0 Å². The van der Waals surface area contributed by atoms with E-state index in [1.165, 1.54) is 10.4 Å². The van der Waals surface area contributed by atoms with Gasteiger partial charge in [-0.3, -0.25) is 4.79 Å². The zero-order valence-electron chi connectivity index (χ0n) is 16.3. The molecule has 2 N–H and O–H groups in total. The van der Waals surface area contributed by atoms with Crippen molar-refractivity contribution in [2.75, 3.05) is 13.1 Å². The van der Waals surface area contributed by atoms with Gasteiger partial charge in [0.15, 0.2) is 0 Å². The van der Waals surface area contributed by atoms with Crippen LogP contribution in [0.25, 0.3) is 0 Å². The maximum absolute atomic E-state index is 11.5. The Morgan fingerprint density at radius 3 is 1.96 bits per heavy atom. The van der Waals surface area contributed by atoms with Gasteiger partial charge in [0.1, 0.15) is 0 Å². The minimum absolute atomic E-state index is 0.105. The summed E-state index contributed by atoms with van der Waals surface area (Å²) in [6, 6.07) is 21.0. The first-order chi connectivity index (χ1) is 12.8. The lowest BCUT2D eigenvalue weighted by Gasteiger charge is -2.46. The van der Waals surface area contributed by atoms with E-state index in [0.717, 1.165) is 0 Å². The molecule has 0 amide bonds. The Labute approximate surface area is 162 Å². The van der Waals surface area contributed by atoms with Crippen molar-refractivity contribution in [2.24, 2.45) is 5.92 Å². The van der Waals surface area contributed by atoms with E-state index in [9.17, 15) is 9.90 Å². The van der Waals surface area contributed by atoms with Crippen molar-refractivity contribution in [2.45, 2.75) is 38.3 Å². The Hall–Kier alpha value is -1.95. The number of piperidine rings is 1. The van der Waals surface area contributed by atoms with Crippen molar-refractivity contribution in [3.8, 4) is 0 Å². The van der Waals surface area contributed by atoms with E-state index in [1.807, 2.05) is 12.1 Å². The molecule has 4 nitrogen and oxygen atoms in total. The molecular formula is C22H29NO3Si. The number of rotatable bonds is 5. The molecule has 1 aliphatic rings. The van der Waals surface area contributed by atoms with E-state index < -0.39 is 20.2 Å². The third-order valence-electron chi connectivity index (χ3n) is 5.42. The Morgan fingerprint density at radius 2 is 1.52 bits per heavy atom. The van der Waals surface area contributed by atoms with Gasteiger partial charge in [-0.15, -0.1) is 0 Å². The molecule has 2 aromatic carbocycles. The standard InChI is InChI=1S/C22H29NO3Si/c1-22(2,3)27(19-10-6-4-7-11-19,20-12-8-5-9-13-20)26-18-14-17(21(24)25)15-23-16-18/h4-13,17-18,23H,14-16H2,1-3H3,(H,24,25). The van der Waals surface area contributed by atoms with E-state index in [2.05, 4.69) is 74.6 Å². The number of aliphatic carboxylic acids is 1. The van der Waals surface area contributed by atoms with Gasteiger partial charge in [0.2, 0.25) is 0 Å². The van der Waals surface area contributed by atoms with Crippen molar-refractivity contribution in [3.05, 3.63) is 60.7 Å². The van der Waals surface area contributed by atoms with Gasteiger partial charge in [-0.05, 0) is 21.8 Å². The number of carbonyl (C=O) groups is 1. The molecular weight excluding hydrogens is 354 g/mol. The van der Waals surface area contributed by atoms with Crippen LogP contribution in [0.4, 0.5) is 0 Å². The molecule has 0 aliphatic carbocycles. The Morgan fingerprint density at radius 1 is 1.00 bits per heavy atom. The second kappa shape index (κ2) is 7.96. The number of hydrogen-bond donors (Lipinski definition) is 2. The third kappa shape index (κ3) is 4.00. The van der Waals surface area contributed by atoms with Crippen LogP contribution in [0.15, 0.2) is 60.7 Å². The number of carboxylic acids is 1. The molecule has 2 aromatic rings. The molecule has 1 aliphatic heterocycles. The number of benzene rings is 2. The van der Waals surface area contributed by atoms with Crippen LogP contribution < -0.4 is 15.7 Å². The average Bonchev–Trinajstić information content (AvgIpc) is 2.66. The molecule has 1 fully saturated rings. The van der Waals surface area contributed by atoms with E-state index in [1.54, 1.807) is 0 Å². The highest BCUT2D eigenvalue weighted by atomic mass is 28.4. The second-order valence-electron chi connectivity index (χ2n) is 8.33. The molecule has 2 atom stereocenters. The molecule has 144 valence electrons. The van der Waals surface area contributed by atoms with E-state index in [-0.39, 0.29) is 11.1 Å². The van der Waals surface area contributed by atoms with Crippen molar-refractivity contribution < 1.29 is 14.3 Å². The lowest BCUT2D eigenvalue weighted by molar-refractivity contribution is -0.143. The number of nitrogens with one attached hydrogen (secondary N) is 1. The second-order valence-corrected chi connectivity index (χ2v) is 12.6. The highest BCUT2D eigenvalue weighted by Crippen LogP contribution is 2.38. The summed E-state index contributed by atoms with van der Waals surface area (Å²) < 4.78 is 7.01. The SMILES string of the molecule is CC(C)(C)[Si](OC1CNCC(C(=O)O)C1)(c1ccccc1)c1ccccc1. The predicted molar refractivity (Wildman–Crippen MR) is 111 cm³/mol. The molecule has 0 saturated carbocycles. The first kappa shape index (κ1) is 19.8. The molecule has 3 rings (SSSR count). The van der Waals surface area contributed by atoms with E-state index >= 15 is 0 Å². The van der Waals surface area contributed by atoms with Crippen LogP contribution in [-0.2, 0) is 9.22 Å². The van der Waals surface area contributed by atoms with Crippen molar-refractivity contribution >= 4 is 24.7 Å². The topological polar surface area (TPSA) is 58.6 Å². The molecule has 0 spiro atoms. The normalized spacial score (nSPS) is 21.0. The van der Waals surface area contributed by atoms with Crippen LogP contribution in [-0.4, -0.2) is 38.6 Å². The molecule has 1 saturated heterocycles. The molecule has 0 aromatic heterocycles. The zero-order valence-corrected chi connectivity index (χ0v) is 17.3. The number of hydrogen-bond acceptors (Lipinski definition) is 3. The number of carboxylic acid groups (broad SMARTS) is 1. The van der Waals surface area contributed by atoms with Crippen LogP contribution in [0.1, 0.15) is 27.2 Å². The monoisotopic (exact) mass is 383 g/mol. The van der Waals surface area contributed by atoms with Gasteiger partial charge in [-0.2, -0.15) is 0 Å². The average molecular weight is 384 g/mol. The molecule has 0 radical (unpaired) electrons. The summed E-state index contributed by atoms with van der Waals surface area (Å²) >= 11 is 0. The lowest BCUT2D eigenvalue weighted by atomic mass is 9.98. The summed E-state index contributed by atoms with van der Waals surface area (Å²) in [5.41, 5.74) is 0. The van der Waals surface area contributed by atoms with Gasteiger partial charge in [0.25, 0.3) is 8.32 Å². The summed E-state index contributed by atoms with van der Waals surface area (Å²) in [4.78, 5) is 11.5. The molecule has 2 unspecified atom stereocenters. The smallest absolute Gasteiger partial charge is 0.307 e. The summed E-state index contributed by atoms with van der Waals surface area (Å²) in [5, 5.41) is 15.1. The maximum Gasteiger partial charge on any atom is 0.307 e. The molecule has 0 bridgehead atoms. The summed E-state index contributed by atoms with van der Waals surface area (Å²) in [7, 11) is -2.63. The highest BCUT2D eigenvalue weighted by molar-refractivity contribution is 6.99. The van der Waals surface area contributed by atoms with Crippen LogP contribution in [0, 0.1) is 5.92 Å². The van der Waals surface area contributed by atoms with Gasteiger partial charge in [0, 0.05) is 13.1 Å². The van der Waals surface area contributed by atoms with Gasteiger partial charge in [0.05, 0.1) is 12.0 Å². The predicted octanol–water partition coefficient (Wildman–Crippen LogP) is 2.63. The van der Waals surface area contributed by atoms with Crippen LogP contribution >= 0.6 is 0 Å². The van der Waals surface area contributed by atoms with Crippen molar-refractivity contribution in [1.29, 1.82) is 0 Å². The van der Waals surface area contributed by atoms with Crippen LogP contribution in [0.3, 0.4) is 0 Å². The summed E-state index contributed by atoms with van der Waals surface area (Å²) in [6.07, 6.45) is 0.429. The van der Waals surface area contributed by atoms with Gasteiger partial charge in [-0.25, -0.2) is 0 Å². The minimum Gasteiger partial charge on any atom is -0.481 e. The van der Waals surface area contributed by atoms with E-state index in [4.69, 9.17) is 4.43 Å². The lowest BCUT2D eigenvalue weighted by Crippen LogP contribution is -2.68. The largest absolute Gasteiger partial charge is 0.481 e. The van der Waals surface area contributed by atoms with Crippen molar-refractivity contribution in [1.82, 2.24) is 5.32 Å². The first-order valence-electron chi connectivity index (χ1n) is 9.57. The Kier molecular flexibility index (Phi) is 5.84. The molecule has 5 heteroatoms. The van der Waals surface area contributed by atoms with Crippen LogP contribution in [0.5, 0.6) is 0 Å². The quantitative estimate of drug-likeness (QED) is 0.780. The fraction of sp³-hybridized carbons (Fsp3) is 0.409. The Balaban J connectivity index is 2.08. The minimum atomic E-state index is -2.63. The van der Waals surface area contributed by atoms with Gasteiger partial charge in [-0.1, -0.05) is 81.4 Å². The van der Waals surface area contributed by atoms with Gasteiger partial charge >= 0.3 is 5.97 Å². The maximum atomic E-state index is 11.5. The van der Waals surface area contributed by atoms with Crippen LogP contribution in [0.2, 0.25) is 5.04 Å². The highest BCUT2D eigenvalue weighted by Gasteiger charge is 2.51. The molecule has 1 heterocycles. The first-order valence-corrected chi connectivity index (χ1v) is 11.5. The Bertz CT molecular complexity index is 719. The van der Waals surface area contributed by atoms with Gasteiger partial charge < -0.3 is 14.8 Å². The molecule has 27 heavy (non-hydrogen) atoms. The fourth-order valence-corrected chi connectivity index (χ4v) is 8.82.